The maximum Gasteiger partial charge on any atom is 0.139 e. The van der Waals surface area contributed by atoms with E-state index >= 15 is 0 Å². The van der Waals surface area contributed by atoms with Gasteiger partial charge in [0.15, 0.2) is 0 Å². The molecule has 4 rings (SSSR count). The topological polar surface area (TPSA) is 0 Å². The lowest BCUT2D eigenvalue weighted by molar-refractivity contribution is 1.79. The highest BCUT2D eigenvalue weighted by atomic mass is 14.1. The number of benzene rings is 4. The van der Waals surface area contributed by atoms with Crippen LogP contribution >= 0.6 is 0 Å². The van der Waals surface area contributed by atoms with E-state index in [2.05, 4.69) is 74.6 Å². The Kier molecular flexibility index (Phi) is 2.16. The van der Waals surface area contributed by atoms with Crippen molar-refractivity contribution in [2.75, 3.05) is 0 Å². The SMILES string of the molecule is Bc1ccc2c(ccc3c4ccccc4ccc23)c1. The smallest absolute Gasteiger partial charge is 0.0883 e. The minimum absolute atomic E-state index is 1.31. The van der Waals surface area contributed by atoms with Gasteiger partial charge in [-0.2, -0.15) is 0 Å². The molecular formula is C18H13B. The van der Waals surface area contributed by atoms with Crippen molar-refractivity contribution in [1.29, 1.82) is 0 Å². The summed E-state index contributed by atoms with van der Waals surface area (Å²) in [5, 5.41) is 7.99. The van der Waals surface area contributed by atoms with E-state index < -0.39 is 0 Å². The molecule has 0 aliphatic heterocycles. The molecule has 0 aliphatic rings. The second-order valence-electron chi connectivity index (χ2n) is 5.17. The summed E-state index contributed by atoms with van der Waals surface area (Å²) in [5.41, 5.74) is 1.31. The molecule has 0 nitrogen and oxygen atoms in total. The van der Waals surface area contributed by atoms with Gasteiger partial charge >= 0.3 is 0 Å². The molecular weight excluding hydrogens is 227 g/mol. The second-order valence-corrected chi connectivity index (χ2v) is 5.17. The van der Waals surface area contributed by atoms with Crippen molar-refractivity contribution < 1.29 is 0 Å². The first-order valence-electron chi connectivity index (χ1n) is 6.64. The third-order valence-electron chi connectivity index (χ3n) is 3.90. The summed E-state index contributed by atoms with van der Waals surface area (Å²) in [7, 11) is 2.14. The Hall–Kier alpha value is -2.28. The van der Waals surface area contributed by atoms with Gasteiger partial charge in [-0.3, -0.25) is 0 Å². The number of rotatable bonds is 0. The van der Waals surface area contributed by atoms with Crippen molar-refractivity contribution in [2.24, 2.45) is 0 Å². The van der Waals surface area contributed by atoms with Gasteiger partial charge in [0.25, 0.3) is 0 Å². The van der Waals surface area contributed by atoms with E-state index in [-0.39, 0.29) is 0 Å². The van der Waals surface area contributed by atoms with Crippen molar-refractivity contribution in [1.82, 2.24) is 0 Å². The third kappa shape index (κ3) is 1.55. The van der Waals surface area contributed by atoms with Gasteiger partial charge < -0.3 is 0 Å². The van der Waals surface area contributed by atoms with Crippen LogP contribution in [0, 0.1) is 0 Å². The normalized spacial score (nSPS) is 11.4. The molecule has 19 heavy (non-hydrogen) atoms. The zero-order valence-corrected chi connectivity index (χ0v) is 10.9. The molecule has 0 N–H and O–H groups in total. The quantitative estimate of drug-likeness (QED) is 0.326. The van der Waals surface area contributed by atoms with Gasteiger partial charge in [-0.15, -0.1) is 0 Å². The molecule has 0 spiro atoms. The average Bonchev–Trinajstić information content (AvgIpc) is 2.46. The fraction of sp³-hybridized carbons (Fsp3) is 0. The monoisotopic (exact) mass is 240 g/mol. The molecule has 0 bridgehead atoms. The predicted molar refractivity (Wildman–Crippen MR) is 87.1 cm³/mol. The molecule has 0 aromatic heterocycles. The second kappa shape index (κ2) is 3.86. The van der Waals surface area contributed by atoms with E-state index in [1.807, 2.05) is 0 Å². The van der Waals surface area contributed by atoms with Crippen LogP contribution in [0.25, 0.3) is 32.3 Å². The summed E-state index contributed by atoms with van der Waals surface area (Å²) in [6.45, 7) is 0. The highest BCUT2D eigenvalue weighted by Gasteiger charge is 2.03. The van der Waals surface area contributed by atoms with E-state index in [0.29, 0.717) is 0 Å². The standard InChI is InChI=1S/C18H13B/c19-14-7-10-16-13(11-14)6-9-17-15-4-2-1-3-12(15)5-8-18(16)17/h1-11H,19H2. The van der Waals surface area contributed by atoms with Crippen molar-refractivity contribution in [3.63, 3.8) is 0 Å². The molecule has 0 aliphatic carbocycles. The molecule has 0 amide bonds. The first-order chi connectivity index (χ1) is 9.33. The third-order valence-corrected chi connectivity index (χ3v) is 3.90. The highest BCUT2D eigenvalue weighted by Crippen LogP contribution is 2.30. The van der Waals surface area contributed by atoms with Gasteiger partial charge in [0, 0.05) is 0 Å². The van der Waals surface area contributed by atoms with Gasteiger partial charge in [0.2, 0.25) is 0 Å². The largest absolute Gasteiger partial charge is 0.139 e. The van der Waals surface area contributed by atoms with Crippen molar-refractivity contribution >= 4 is 45.6 Å². The first-order valence-corrected chi connectivity index (χ1v) is 6.64. The summed E-state index contributed by atoms with van der Waals surface area (Å²) in [6.07, 6.45) is 0. The summed E-state index contributed by atoms with van der Waals surface area (Å²) < 4.78 is 0. The molecule has 1 heteroatoms. The molecule has 88 valence electrons. The molecule has 0 radical (unpaired) electrons. The van der Waals surface area contributed by atoms with Crippen LogP contribution in [0.3, 0.4) is 0 Å². The molecule has 0 saturated carbocycles. The van der Waals surface area contributed by atoms with Crippen LogP contribution in [0.15, 0.2) is 66.7 Å². The van der Waals surface area contributed by atoms with Crippen molar-refractivity contribution in [2.45, 2.75) is 0 Å². The van der Waals surface area contributed by atoms with Gasteiger partial charge in [0.05, 0.1) is 0 Å². The molecule has 0 atom stereocenters. The summed E-state index contributed by atoms with van der Waals surface area (Å²) in [4.78, 5) is 0. The highest BCUT2D eigenvalue weighted by molar-refractivity contribution is 6.33. The summed E-state index contributed by atoms with van der Waals surface area (Å²) in [6, 6.07) is 24.2. The fourth-order valence-electron chi connectivity index (χ4n) is 2.95. The van der Waals surface area contributed by atoms with Gasteiger partial charge in [-0.1, -0.05) is 72.2 Å². The van der Waals surface area contributed by atoms with Gasteiger partial charge in [0.1, 0.15) is 7.85 Å². The fourth-order valence-corrected chi connectivity index (χ4v) is 2.95. The number of fused-ring (bicyclic) bond motifs is 5. The predicted octanol–water partition coefficient (Wildman–Crippen LogP) is 3.40. The lowest BCUT2D eigenvalue weighted by atomic mass is 9.91. The first kappa shape index (κ1) is 10.6. The van der Waals surface area contributed by atoms with E-state index in [1.54, 1.807) is 0 Å². The van der Waals surface area contributed by atoms with Crippen molar-refractivity contribution in [3.05, 3.63) is 66.7 Å². The van der Waals surface area contributed by atoms with Crippen LogP contribution in [0.5, 0.6) is 0 Å². The van der Waals surface area contributed by atoms with Crippen LogP contribution in [0.1, 0.15) is 0 Å². The van der Waals surface area contributed by atoms with E-state index in [1.165, 1.54) is 37.8 Å². The Morgan fingerprint density at radius 2 is 1.16 bits per heavy atom. The zero-order chi connectivity index (χ0) is 12.8. The molecule has 0 heterocycles. The number of hydrogen-bond donors (Lipinski definition) is 0. The van der Waals surface area contributed by atoms with Crippen LogP contribution in [-0.2, 0) is 0 Å². The summed E-state index contributed by atoms with van der Waals surface area (Å²) in [5.74, 6) is 0. The van der Waals surface area contributed by atoms with Crippen molar-refractivity contribution in [3.8, 4) is 0 Å². The molecule has 0 saturated heterocycles. The van der Waals surface area contributed by atoms with Crippen LogP contribution < -0.4 is 5.46 Å². The van der Waals surface area contributed by atoms with Gasteiger partial charge in [-0.25, -0.2) is 0 Å². The van der Waals surface area contributed by atoms with Crippen LogP contribution in [-0.4, -0.2) is 7.85 Å². The van der Waals surface area contributed by atoms with Gasteiger partial charge in [-0.05, 0) is 32.3 Å². The van der Waals surface area contributed by atoms with E-state index in [4.69, 9.17) is 0 Å². The van der Waals surface area contributed by atoms with E-state index in [0.717, 1.165) is 0 Å². The Labute approximate surface area is 113 Å². The lowest BCUT2D eigenvalue weighted by Crippen LogP contribution is -1.99. The molecule has 4 aromatic rings. The van der Waals surface area contributed by atoms with E-state index in [9.17, 15) is 0 Å². The minimum Gasteiger partial charge on any atom is -0.0883 e. The maximum atomic E-state index is 2.25. The van der Waals surface area contributed by atoms with Crippen LogP contribution in [0.2, 0.25) is 0 Å². The average molecular weight is 240 g/mol. The Balaban J connectivity index is 2.26. The lowest BCUT2D eigenvalue weighted by Gasteiger charge is -2.08. The molecule has 4 aromatic carbocycles. The molecule has 0 unspecified atom stereocenters. The summed E-state index contributed by atoms with van der Waals surface area (Å²) >= 11 is 0. The molecule has 0 fully saturated rings. The van der Waals surface area contributed by atoms with Crippen LogP contribution in [0.4, 0.5) is 0 Å². The number of hydrogen-bond acceptors (Lipinski definition) is 0. The minimum atomic E-state index is 1.31. The maximum absolute atomic E-state index is 2.25. The zero-order valence-electron chi connectivity index (χ0n) is 10.9. The Bertz CT molecular complexity index is 922. The Morgan fingerprint density at radius 3 is 2.00 bits per heavy atom. The Morgan fingerprint density at radius 1 is 0.526 bits per heavy atom.